The van der Waals surface area contributed by atoms with Gasteiger partial charge in [-0.25, -0.2) is 4.79 Å². The van der Waals surface area contributed by atoms with Crippen molar-refractivity contribution in [3.63, 3.8) is 0 Å². The Morgan fingerprint density at radius 2 is 2.08 bits per heavy atom. The number of hydrogen-bond donors (Lipinski definition) is 1. The number of aromatic nitrogens is 4. The molecule has 8 heteroatoms. The van der Waals surface area contributed by atoms with E-state index in [4.69, 9.17) is 11.6 Å². The number of rotatable bonds is 4. The lowest BCUT2D eigenvalue weighted by Crippen LogP contribution is -2.53. The second kappa shape index (κ2) is 7.61. The summed E-state index contributed by atoms with van der Waals surface area (Å²) >= 11 is 6.30. The van der Waals surface area contributed by atoms with Gasteiger partial charge in [0.1, 0.15) is 5.54 Å². The van der Waals surface area contributed by atoms with Gasteiger partial charge in [0.15, 0.2) is 5.82 Å². The summed E-state index contributed by atoms with van der Waals surface area (Å²) in [6, 6.07) is 5.58. The first-order valence-electron chi connectivity index (χ1n) is 9.07. The summed E-state index contributed by atoms with van der Waals surface area (Å²) in [5, 5.41) is 16.1. The maximum Gasteiger partial charge on any atom is 0.317 e. The second-order valence-electron chi connectivity index (χ2n) is 6.79. The van der Waals surface area contributed by atoms with Crippen molar-refractivity contribution >= 4 is 17.6 Å². The van der Waals surface area contributed by atoms with Crippen molar-refractivity contribution in [2.24, 2.45) is 0 Å². The molecule has 0 spiro atoms. The number of urea groups is 1. The summed E-state index contributed by atoms with van der Waals surface area (Å²) in [6.07, 6.45) is 4.89. The highest BCUT2D eigenvalue weighted by Gasteiger charge is 2.45. The van der Waals surface area contributed by atoms with Crippen molar-refractivity contribution in [2.75, 3.05) is 13.6 Å². The summed E-state index contributed by atoms with van der Waals surface area (Å²) in [5.41, 5.74) is 1.22. The van der Waals surface area contributed by atoms with Gasteiger partial charge in [-0.3, -0.25) is 0 Å². The Hall–Kier alpha value is -2.15. The Morgan fingerprint density at radius 3 is 2.77 bits per heavy atom. The van der Waals surface area contributed by atoms with Crippen LogP contribution in [0.1, 0.15) is 50.4 Å². The van der Waals surface area contributed by atoms with Crippen LogP contribution in [0.2, 0.25) is 5.02 Å². The highest BCUT2D eigenvalue weighted by Crippen LogP contribution is 2.41. The van der Waals surface area contributed by atoms with Gasteiger partial charge in [-0.15, -0.1) is 5.10 Å². The Morgan fingerprint density at radius 1 is 1.35 bits per heavy atom. The topological polar surface area (TPSA) is 75.9 Å². The molecule has 1 N–H and O–H groups in total. The van der Waals surface area contributed by atoms with Crippen LogP contribution in [-0.4, -0.2) is 44.7 Å². The van der Waals surface area contributed by atoms with Gasteiger partial charge in [0.2, 0.25) is 0 Å². The third-order valence-corrected chi connectivity index (χ3v) is 5.72. The standard InChI is InChI=1S/C18H25ClN6O/c1-4-20-17(26)24(3)18(11-6-5-7-12-18)16-21-22-23-25(16)15-10-8-9-14(19)13(15)2/h8-10H,4-7,11-12H2,1-3H3,(H,20,26). The number of carbonyl (C=O) groups excluding carboxylic acids is 1. The van der Waals surface area contributed by atoms with E-state index in [1.807, 2.05) is 39.1 Å². The smallest absolute Gasteiger partial charge is 0.317 e. The maximum atomic E-state index is 12.6. The summed E-state index contributed by atoms with van der Waals surface area (Å²) in [7, 11) is 1.83. The molecule has 1 fully saturated rings. The summed E-state index contributed by atoms with van der Waals surface area (Å²) < 4.78 is 1.74. The van der Waals surface area contributed by atoms with Gasteiger partial charge in [-0.05, 0) is 54.8 Å². The molecule has 3 rings (SSSR count). The molecule has 7 nitrogen and oxygen atoms in total. The molecule has 140 valence electrons. The SMILES string of the molecule is CCNC(=O)N(C)C1(c2nnnn2-c2cccc(Cl)c2C)CCCCC1. The van der Waals surface area contributed by atoms with E-state index in [1.165, 1.54) is 0 Å². The molecule has 1 aromatic heterocycles. The Bertz CT molecular complexity index is 784. The molecular formula is C18H25ClN6O. The summed E-state index contributed by atoms with van der Waals surface area (Å²) in [4.78, 5) is 14.4. The van der Waals surface area contributed by atoms with Crippen molar-refractivity contribution in [3.8, 4) is 5.69 Å². The highest BCUT2D eigenvalue weighted by molar-refractivity contribution is 6.31. The van der Waals surface area contributed by atoms with Crippen LogP contribution in [0.25, 0.3) is 5.69 Å². The Balaban J connectivity index is 2.11. The fourth-order valence-electron chi connectivity index (χ4n) is 3.77. The number of hydrogen-bond acceptors (Lipinski definition) is 4. The van der Waals surface area contributed by atoms with Crippen molar-refractivity contribution in [2.45, 2.75) is 51.5 Å². The quantitative estimate of drug-likeness (QED) is 0.886. The molecule has 0 radical (unpaired) electrons. The predicted octanol–water partition coefficient (Wildman–Crippen LogP) is 3.44. The van der Waals surface area contributed by atoms with Gasteiger partial charge in [0.25, 0.3) is 0 Å². The second-order valence-corrected chi connectivity index (χ2v) is 7.19. The number of halogens is 1. The lowest BCUT2D eigenvalue weighted by Gasteiger charge is -2.43. The van der Waals surface area contributed by atoms with E-state index >= 15 is 0 Å². The van der Waals surface area contributed by atoms with E-state index in [-0.39, 0.29) is 6.03 Å². The predicted molar refractivity (Wildman–Crippen MR) is 100 cm³/mol. The fraction of sp³-hybridized carbons (Fsp3) is 0.556. The van der Waals surface area contributed by atoms with Crippen molar-refractivity contribution in [3.05, 3.63) is 34.6 Å². The molecular weight excluding hydrogens is 352 g/mol. The maximum absolute atomic E-state index is 12.6. The van der Waals surface area contributed by atoms with Gasteiger partial charge >= 0.3 is 6.03 Å². The minimum atomic E-state index is -0.532. The van der Waals surface area contributed by atoms with Crippen LogP contribution in [0, 0.1) is 6.92 Å². The van der Waals surface area contributed by atoms with Crippen molar-refractivity contribution < 1.29 is 4.79 Å². The van der Waals surface area contributed by atoms with E-state index in [0.717, 1.165) is 43.4 Å². The Labute approximate surface area is 158 Å². The zero-order valence-electron chi connectivity index (χ0n) is 15.5. The molecule has 26 heavy (non-hydrogen) atoms. The van der Waals surface area contributed by atoms with Crippen LogP contribution < -0.4 is 5.32 Å². The number of tetrazole rings is 1. The first-order valence-corrected chi connectivity index (χ1v) is 9.45. The number of nitrogens with one attached hydrogen (secondary N) is 1. The van der Waals surface area contributed by atoms with Gasteiger partial charge < -0.3 is 10.2 Å². The van der Waals surface area contributed by atoms with Crippen molar-refractivity contribution in [1.29, 1.82) is 0 Å². The van der Waals surface area contributed by atoms with Gasteiger partial charge in [-0.2, -0.15) is 4.68 Å². The molecule has 0 saturated heterocycles. The third kappa shape index (κ3) is 3.16. The summed E-state index contributed by atoms with van der Waals surface area (Å²) in [6.45, 7) is 4.44. The summed E-state index contributed by atoms with van der Waals surface area (Å²) in [5.74, 6) is 0.691. The van der Waals surface area contributed by atoms with Gasteiger partial charge in [-0.1, -0.05) is 36.9 Å². The van der Waals surface area contributed by atoms with E-state index < -0.39 is 5.54 Å². The van der Waals surface area contributed by atoms with Crippen LogP contribution in [-0.2, 0) is 5.54 Å². The normalized spacial score (nSPS) is 16.3. The molecule has 1 heterocycles. The van der Waals surface area contributed by atoms with Crippen LogP contribution in [0.4, 0.5) is 4.79 Å². The molecule has 1 aromatic carbocycles. The minimum absolute atomic E-state index is 0.105. The number of carbonyl (C=O) groups is 1. The van der Waals surface area contributed by atoms with Crippen LogP contribution in [0.15, 0.2) is 18.2 Å². The lowest BCUT2D eigenvalue weighted by atomic mass is 9.79. The minimum Gasteiger partial charge on any atom is -0.338 e. The average Bonchev–Trinajstić information content (AvgIpc) is 3.14. The molecule has 1 aliphatic rings. The number of benzene rings is 1. The molecule has 0 atom stereocenters. The average molecular weight is 377 g/mol. The van der Waals surface area contributed by atoms with Gasteiger partial charge in [0, 0.05) is 18.6 Å². The first-order chi connectivity index (χ1) is 12.5. The first kappa shape index (κ1) is 18.6. The lowest BCUT2D eigenvalue weighted by molar-refractivity contribution is 0.0865. The largest absolute Gasteiger partial charge is 0.338 e. The van der Waals surface area contributed by atoms with E-state index in [1.54, 1.807) is 9.58 Å². The fourth-order valence-corrected chi connectivity index (χ4v) is 3.94. The molecule has 0 aliphatic heterocycles. The molecule has 1 saturated carbocycles. The number of amides is 2. The third-order valence-electron chi connectivity index (χ3n) is 5.31. The number of nitrogens with zero attached hydrogens (tertiary/aromatic N) is 5. The van der Waals surface area contributed by atoms with Crippen molar-refractivity contribution in [1.82, 2.24) is 30.4 Å². The molecule has 2 amide bonds. The molecule has 2 aromatic rings. The van der Waals surface area contributed by atoms with Crippen LogP contribution in [0.3, 0.4) is 0 Å². The van der Waals surface area contributed by atoms with E-state index in [2.05, 4.69) is 20.8 Å². The van der Waals surface area contributed by atoms with Crippen LogP contribution >= 0.6 is 11.6 Å². The Kier molecular flexibility index (Phi) is 5.46. The zero-order chi connectivity index (χ0) is 18.7. The molecule has 1 aliphatic carbocycles. The van der Waals surface area contributed by atoms with Gasteiger partial charge in [0.05, 0.1) is 5.69 Å². The van der Waals surface area contributed by atoms with E-state index in [9.17, 15) is 4.79 Å². The van der Waals surface area contributed by atoms with Crippen LogP contribution in [0.5, 0.6) is 0 Å². The highest BCUT2D eigenvalue weighted by atomic mass is 35.5. The van der Waals surface area contributed by atoms with E-state index in [0.29, 0.717) is 17.4 Å². The monoisotopic (exact) mass is 376 g/mol. The zero-order valence-corrected chi connectivity index (χ0v) is 16.3. The molecule has 0 bridgehead atoms. The molecule has 0 unspecified atom stereocenters.